The van der Waals surface area contributed by atoms with E-state index in [9.17, 15) is 0 Å². The maximum atomic E-state index is 4.96. The first-order valence-electron chi connectivity index (χ1n) is 9.05. The summed E-state index contributed by atoms with van der Waals surface area (Å²) in [7, 11) is 0. The molecule has 128 valence electrons. The first kappa shape index (κ1) is 15.5. The topological polar surface area (TPSA) is 30.7 Å². The van der Waals surface area contributed by atoms with Crippen LogP contribution in [0.5, 0.6) is 0 Å². The lowest BCUT2D eigenvalue weighted by atomic mass is 10.1. The van der Waals surface area contributed by atoms with Crippen LogP contribution in [0.3, 0.4) is 0 Å². The summed E-state index contributed by atoms with van der Waals surface area (Å²) in [5.74, 6) is 0. The van der Waals surface area contributed by atoms with Crippen LogP contribution in [-0.2, 0) is 12.8 Å². The second kappa shape index (κ2) is 6.22. The maximum absolute atomic E-state index is 4.96. The minimum absolute atomic E-state index is 0.944. The molecule has 0 atom stereocenters. The van der Waals surface area contributed by atoms with Gasteiger partial charge in [-0.05, 0) is 12.0 Å². The third-order valence-electron chi connectivity index (χ3n) is 4.94. The molecule has 0 saturated heterocycles. The molecule has 2 aromatic heterocycles. The van der Waals surface area contributed by atoms with Crippen LogP contribution in [-0.4, -0.2) is 14.8 Å². The van der Waals surface area contributed by atoms with Crippen molar-refractivity contribution < 1.29 is 0 Å². The van der Waals surface area contributed by atoms with Crippen molar-refractivity contribution in [2.75, 3.05) is 0 Å². The van der Waals surface area contributed by atoms with Crippen molar-refractivity contribution in [3.8, 4) is 27.6 Å². The van der Waals surface area contributed by atoms with Crippen molar-refractivity contribution in [2.45, 2.75) is 26.2 Å². The van der Waals surface area contributed by atoms with Crippen molar-refractivity contribution in [2.24, 2.45) is 0 Å². The summed E-state index contributed by atoms with van der Waals surface area (Å²) >= 11 is 1.66. The Morgan fingerprint density at radius 2 is 1.85 bits per heavy atom. The summed E-state index contributed by atoms with van der Waals surface area (Å²) in [6, 6.07) is 19.0. The highest BCUT2D eigenvalue weighted by Gasteiger charge is 2.28. The van der Waals surface area contributed by atoms with Gasteiger partial charge in [0.05, 0.1) is 17.1 Å². The second-order valence-electron chi connectivity index (χ2n) is 6.65. The average Bonchev–Trinajstić information content (AvgIpc) is 3.38. The molecule has 0 unspecified atom stereocenters. The molecular formula is C22H19N3S. The lowest BCUT2D eigenvalue weighted by Gasteiger charge is -2.04. The summed E-state index contributed by atoms with van der Waals surface area (Å²) < 4.78 is 2.07. The molecule has 2 aromatic carbocycles. The predicted octanol–water partition coefficient (Wildman–Crippen LogP) is 5.52. The van der Waals surface area contributed by atoms with Gasteiger partial charge in [-0.25, -0.2) is 9.67 Å². The van der Waals surface area contributed by atoms with E-state index in [1.807, 2.05) is 6.07 Å². The van der Waals surface area contributed by atoms with Crippen molar-refractivity contribution >= 4 is 11.3 Å². The maximum Gasteiger partial charge on any atom is 0.211 e. The molecule has 0 amide bonds. The first-order chi connectivity index (χ1) is 12.8. The van der Waals surface area contributed by atoms with Gasteiger partial charge in [-0.2, -0.15) is 5.10 Å². The highest BCUT2D eigenvalue weighted by molar-refractivity contribution is 7.12. The Morgan fingerprint density at radius 1 is 1.04 bits per heavy atom. The van der Waals surface area contributed by atoms with E-state index in [1.54, 1.807) is 11.3 Å². The Balaban J connectivity index is 1.65. The van der Waals surface area contributed by atoms with Crippen LogP contribution in [0.1, 0.15) is 30.2 Å². The van der Waals surface area contributed by atoms with Crippen LogP contribution in [0, 0.1) is 0 Å². The van der Waals surface area contributed by atoms with Crippen LogP contribution in [0.15, 0.2) is 60.0 Å². The molecule has 4 aromatic rings. The molecule has 26 heavy (non-hydrogen) atoms. The standard InChI is InChI=1S/C22H19N3S/c1-2-8-19-18-13-16-11-6-7-12-17(16)21(18)25(24-19)22-23-20(14-26-22)15-9-4-3-5-10-15/h3-7,9-12,14H,2,8,13H2,1H3. The van der Waals surface area contributed by atoms with E-state index < -0.39 is 0 Å². The zero-order valence-corrected chi connectivity index (χ0v) is 15.5. The minimum Gasteiger partial charge on any atom is -0.218 e. The van der Waals surface area contributed by atoms with Gasteiger partial charge in [0.1, 0.15) is 0 Å². The highest BCUT2D eigenvalue weighted by atomic mass is 32.1. The zero-order chi connectivity index (χ0) is 17.5. The van der Waals surface area contributed by atoms with Gasteiger partial charge in [0, 0.05) is 28.5 Å². The number of hydrogen-bond donors (Lipinski definition) is 0. The van der Waals surface area contributed by atoms with E-state index >= 15 is 0 Å². The lowest BCUT2D eigenvalue weighted by Crippen LogP contribution is -2.00. The lowest BCUT2D eigenvalue weighted by molar-refractivity contribution is 0.800. The smallest absolute Gasteiger partial charge is 0.211 e. The average molecular weight is 357 g/mol. The molecular weight excluding hydrogens is 338 g/mol. The van der Waals surface area contributed by atoms with Gasteiger partial charge >= 0.3 is 0 Å². The fourth-order valence-electron chi connectivity index (χ4n) is 3.73. The number of aryl methyl sites for hydroxylation is 1. The molecule has 1 aliphatic carbocycles. The van der Waals surface area contributed by atoms with Crippen LogP contribution in [0.25, 0.3) is 27.6 Å². The Hall–Kier alpha value is -2.72. The molecule has 0 saturated carbocycles. The molecule has 3 nitrogen and oxygen atoms in total. The molecule has 5 rings (SSSR count). The van der Waals surface area contributed by atoms with Crippen molar-refractivity contribution in [3.63, 3.8) is 0 Å². The molecule has 0 bridgehead atoms. The Bertz CT molecular complexity index is 1080. The Morgan fingerprint density at radius 3 is 2.69 bits per heavy atom. The predicted molar refractivity (Wildman–Crippen MR) is 107 cm³/mol. The van der Waals surface area contributed by atoms with Gasteiger partial charge in [0.25, 0.3) is 0 Å². The van der Waals surface area contributed by atoms with Crippen molar-refractivity contribution in [1.82, 2.24) is 14.8 Å². The molecule has 0 spiro atoms. The fourth-order valence-corrected chi connectivity index (χ4v) is 4.52. The number of fused-ring (bicyclic) bond motifs is 3. The number of aromatic nitrogens is 3. The van der Waals surface area contributed by atoms with Gasteiger partial charge in [0.2, 0.25) is 5.13 Å². The van der Waals surface area contributed by atoms with Crippen LogP contribution in [0.4, 0.5) is 0 Å². The quantitative estimate of drug-likeness (QED) is 0.424. The zero-order valence-electron chi connectivity index (χ0n) is 14.6. The van der Waals surface area contributed by atoms with Crippen LogP contribution >= 0.6 is 11.3 Å². The Labute approximate surface area is 157 Å². The number of benzene rings is 2. The van der Waals surface area contributed by atoms with Gasteiger partial charge < -0.3 is 0 Å². The summed E-state index contributed by atoms with van der Waals surface area (Å²) in [4.78, 5) is 4.89. The van der Waals surface area contributed by atoms with E-state index in [-0.39, 0.29) is 0 Å². The van der Waals surface area contributed by atoms with E-state index in [4.69, 9.17) is 10.1 Å². The number of rotatable bonds is 4. The van der Waals surface area contributed by atoms with Crippen molar-refractivity contribution in [1.29, 1.82) is 0 Å². The Kier molecular flexibility index (Phi) is 3.71. The SMILES string of the molecule is CCCc1nn(-c2nc(-c3ccccc3)cs2)c2c1Cc1ccccc1-2. The minimum atomic E-state index is 0.944. The van der Waals surface area contributed by atoms with Gasteiger partial charge in [-0.15, -0.1) is 11.3 Å². The summed E-state index contributed by atoms with van der Waals surface area (Å²) in [6.45, 7) is 2.21. The molecule has 2 heterocycles. The highest BCUT2D eigenvalue weighted by Crippen LogP contribution is 2.40. The third kappa shape index (κ3) is 2.41. The number of thiazole rings is 1. The molecule has 1 aliphatic rings. The van der Waals surface area contributed by atoms with E-state index in [1.165, 1.54) is 28.1 Å². The number of nitrogens with zero attached hydrogens (tertiary/aromatic N) is 3. The van der Waals surface area contributed by atoms with E-state index in [0.717, 1.165) is 35.7 Å². The van der Waals surface area contributed by atoms with Crippen LogP contribution < -0.4 is 0 Å². The third-order valence-corrected chi connectivity index (χ3v) is 5.75. The van der Waals surface area contributed by atoms with Gasteiger partial charge in [-0.3, -0.25) is 0 Å². The molecule has 0 N–H and O–H groups in total. The second-order valence-corrected chi connectivity index (χ2v) is 7.49. The van der Waals surface area contributed by atoms with Crippen LogP contribution in [0.2, 0.25) is 0 Å². The molecule has 0 aliphatic heterocycles. The van der Waals surface area contributed by atoms with Gasteiger partial charge in [0.15, 0.2) is 0 Å². The summed E-state index contributed by atoms with van der Waals surface area (Å²) in [5, 5.41) is 8.03. The fraction of sp³-hybridized carbons (Fsp3) is 0.182. The monoisotopic (exact) mass is 357 g/mol. The van der Waals surface area contributed by atoms with E-state index in [2.05, 4.69) is 65.5 Å². The van der Waals surface area contributed by atoms with E-state index in [0.29, 0.717) is 0 Å². The van der Waals surface area contributed by atoms with Crippen molar-refractivity contribution in [3.05, 3.63) is 76.8 Å². The van der Waals surface area contributed by atoms with Gasteiger partial charge in [-0.1, -0.05) is 67.9 Å². The summed E-state index contributed by atoms with van der Waals surface area (Å²) in [6.07, 6.45) is 3.10. The molecule has 0 fully saturated rings. The molecule has 0 radical (unpaired) electrons. The summed E-state index contributed by atoms with van der Waals surface area (Å²) in [5.41, 5.74) is 8.68. The first-order valence-corrected chi connectivity index (χ1v) is 9.93. The number of hydrogen-bond acceptors (Lipinski definition) is 3. The largest absolute Gasteiger partial charge is 0.218 e. The molecule has 4 heteroatoms. The normalized spacial score (nSPS) is 12.2.